The zero-order valence-electron chi connectivity index (χ0n) is 10.6. The number of likely N-dealkylation sites (N-methyl/N-ethyl adjacent to an activating group) is 2. The predicted molar refractivity (Wildman–Crippen MR) is 65.4 cm³/mol. The Kier molecular flexibility index (Phi) is 4.27. The van der Waals surface area contributed by atoms with Crippen LogP contribution >= 0.6 is 0 Å². The standard InChI is InChI=1S/C13H18F2N2O/c1-16-13(11-8-17(2)6-7-18-11)9-4-3-5-10(14)12(9)15/h3-5,11,13,16H,6-8H2,1-2H3. The van der Waals surface area contributed by atoms with Crippen molar-refractivity contribution in [3.05, 3.63) is 35.4 Å². The Balaban J connectivity index is 2.24. The Morgan fingerprint density at radius 1 is 1.44 bits per heavy atom. The first-order chi connectivity index (χ1) is 8.63. The highest BCUT2D eigenvalue weighted by molar-refractivity contribution is 5.24. The van der Waals surface area contributed by atoms with Gasteiger partial charge < -0.3 is 15.0 Å². The lowest BCUT2D eigenvalue weighted by molar-refractivity contribution is -0.0386. The van der Waals surface area contributed by atoms with E-state index < -0.39 is 11.6 Å². The van der Waals surface area contributed by atoms with Crippen molar-refractivity contribution < 1.29 is 13.5 Å². The quantitative estimate of drug-likeness (QED) is 0.888. The second-order valence-electron chi connectivity index (χ2n) is 4.58. The van der Waals surface area contributed by atoms with E-state index in [1.165, 1.54) is 6.07 Å². The van der Waals surface area contributed by atoms with Crippen molar-refractivity contribution in [1.29, 1.82) is 0 Å². The maximum absolute atomic E-state index is 13.8. The Hall–Kier alpha value is -1.04. The van der Waals surface area contributed by atoms with Gasteiger partial charge in [-0.3, -0.25) is 0 Å². The number of nitrogens with zero attached hydrogens (tertiary/aromatic N) is 1. The Labute approximate surface area is 106 Å². The number of morpholine rings is 1. The average Bonchev–Trinajstić information content (AvgIpc) is 2.35. The number of halogens is 2. The van der Waals surface area contributed by atoms with Gasteiger partial charge in [0, 0.05) is 18.7 Å². The number of nitrogens with one attached hydrogen (secondary N) is 1. The molecule has 0 bridgehead atoms. The Morgan fingerprint density at radius 3 is 2.89 bits per heavy atom. The van der Waals surface area contributed by atoms with Crippen LogP contribution < -0.4 is 5.32 Å². The van der Waals surface area contributed by atoms with Gasteiger partial charge in [0.2, 0.25) is 0 Å². The summed E-state index contributed by atoms with van der Waals surface area (Å²) in [6.07, 6.45) is -0.176. The van der Waals surface area contributed by atoms with Crippen LogP contribution in [0.2, 0.25) is 0 Å². The van der Waals surface area contributed by atoms with Gasteiger partial charge in [0.25, 0.3) is 0 Å². The van der Waals surface area contributed by atoms with Gasteiger partial charge in [-0.2, -0.15) is 0 Å². The van der Waals surface area contributed by atoms with Gasteiger partial charge in [0.1, 0.15) is 0 Å². The number of rotatable bonds is 3. The third-order valence-electron chi connectivity index (χ3n) is 3.30. The van der Waals surface area contributed by atoms with Crippen LogP contribution in [0.4, 0.5) is 8.78 Å². The summed E-state index contributed by atoms with van der Waals surface area (Å²) in [4.78, 5) is 2.12. The zero-order valence-corrected chi connectivity index (χ0v) is 10.6. The molecule has 0 saturated carbocycles. The molecule has 1 aliphatic rings. The first-order valence-electron chi connectivity index (χ1n) is 6.04. The van der Waals surface area contributed by atoms with Crippen LogP contribution in [-0.4, -0.2) is 44.8 Å². The van der Waals surface area contributed by atoms with E-state index in [4.69, 9.17) is 4.74 Å². The zero-order chi connectivity index (χ0) is 13.1. The van der Waals surface area contributed by atoms with Crippen molar-refractivity contribution in [3.8, 4) is 0 Å². The van der Waals surface area contributed by atoms with Gasteiger partial charge in [-0.25, -0.2) is 8.78 Å². The summed E-state index contributed by atoms with van der Waals surface area (Å²) in [6.45, 7) is 2.16. The molecule has 0 spiro atoms. The summed E-state index contributed by atoms with van der Waals surface area (Å²) in [5, 5.41) is 3.02. The normalized spacial score (nSPS) is 23.0. The van der Waals surface area contributed by atoms with Crippen LogP contribution in [0.1, 0.15) is 11.6 Å². The van der Waals surface area contributed by atoms with Crippen molar-refractivity contribution in [2.24, 2.45) is 0 Å². The lowest BCUT2D eigenvalue weighted by Crippen LogP contribution is -2.46. The SMILES string of the molecule is CNC(c1cccc(F)c1F)C1CN(C)CCO1. The van der Waals surface area contributed by atoms with Crippen LogP contribution in [0, 0.1) is 11.6 Å². The molecule has 0 radical (unpaired) electrons. The summed E-state index contributed by atoms with van der Waals surface area (Å²) in [5.41, 5.74) is 0.317. The van der Waals surface area contributed by atoms with E-state index in [1.807, 2.05) is 7.05 Å². The maximum Gasteiger partial charge on any atom is 0.163 e. The minimum Gasteiger partial charge on any atom is -0.374 e. The van der Waals surface area contributed by atoms with Gasteiger partial charge in [-0.1, -0.05) is 12.1 Å². The molecular formula is C13H18F2N2O. The average molecular weight is 256 g/mol. The summed E-state index contributed by atoms with van der Waals surface area (Å²) in [6, 6.07) is 3.89. The second kappa shape index (κ2) is 5.73. The van der Waals surface area contributed by atoms with Crippen molar-refractivity contribution in [3.63, 3.8) is 0 Å². The van der Waals surface area contributed by atoms with Gasteiger partial charge in [0.15, 0.2) is 11.6 Å². The van der Waals surface area contributed by atoms with Gasteiger partial charge in [-0.15, -0.1) is 0 Å². The first kappa shape index (κ1) is 13.4. The van der Waals surface area contributed by atoms with Crippen LogP contribution in [0.5, 0.6) is 0 Å². The fraction of sp³-hybridized carbons (Fsp3) is 0.538. The number of benzene rings is 1. The molecule has 2 unspecified atom stereocenters. The second-order valence-corrected chi connectivity index (χ2v) is 4.58. The van der Waals surface area contributed by atoms with Crippen LogP contribution in [-0.2, 0) is 4.74 Å². The molecule has 100 valence electrons. The van der Waals surface area contributed by atoms with Crippen LogP contribution in [0.25, 0.3) is 0 Å². The van der Waals surface area contributed by atoms with Gasteiger partial charge in [-0.05, 0) is 20.2 Å². The number of hydrogen-bond acceptors (Lipinski definition) is 3. The van der Waals surface area contributed by atoms with Gasteiger partial charge >= 0.3 is 0 Å². The van der Waals surface area contributed by atoms with E-state index in [1.54, 1.807) is 13.1 Å². The summed E-state index contributed by atoms with van der Waals surface area (Å²) in [5.74, 6) is -1.62. The Morgan fingerprint density at radius 2 is 2.22 bits per heavy atom. The van der Waals surface area contributed by atoms with Gasteiger partial charge in [0.05, 0.1) is 18.8 Å². The molecule has 1 aromatic rings. The molecule has 3 nitrogen and oxygen atoms in total. The minimum atomic E-state index is -0.822. The van der Waals surface area contributed by atoms with Crippen molar-refractivity contribution in [1.82, 2.24) is 10.2 Å². The molecule has 0 amide bonds. The van der Waals surface area contributed by atoms with Crippen molar-refractivity contribution in [2.45, 2.75) is 12.1 Å². The molecule has 2 atom stereocenters. The molecule has 0 aliphatic carbocycles. The molecule has 1 aromatic carbocycles. The molecule has 2 rings (SSSR count). The highest BCUT2D eigenvalue weighted by Gasteiger charge is 2.29. The molecule has 5 heteroatoms. The Bertz CT molecular complexity index is 414. The number of hydrogen-bond donors (Lipinski definition) is 1. The molecule has 1 aliphatic heterocycles. The number of ether oxygens (including phenoxy) is 1. The smallest absolute Gasteiger partial charge is 0.163 e. The summed E-state index contributed by atoms with van der Waals surface area (Å²) < 4.78 is 32.7. The summed E-state index contributed by atoms with van der Waals surface area (Å²) >= 11 is 0. The third kappa shape index (κ3) is 2.68. The fourth-order valence-corrected chi connectivity index (χ4v) is 2.32. The molecule has 1 heterocycles. The molecule has 1 fully saturated rings. The monoisotopic (exact) mass is 256 g/mol. The lowest BCUT2D eigenvalue weighted by Gasteiger charge is -2.35. The van der Waals surface area contributed by atoms with Crippen LogP contribution in [0.15, 0.2) is 18.2 Å². The van der Waals surface area contributed by atoms with Crippen molar-refractivity contribution in [2.75, 3.05) is 33.8 Å². The van der Waals surface area contributed by atoms with E-state index >= 15 is 0 Å². The first-order valence-corrected chi connectivity index (χ1v) is 6.04. The van der Waals surface area contributed by atoms with E-state index in [-0.39, 0.29) is 12.1 Å². The predicted octanol–water partition coefficient (Wildman–Crippen LogP) is 1.56. The molecular weight excluding hydrogens is 238 g/mol. The van der Waals surface area contributed by atoms with E-state index in [9.17, 15) is 8.78 Å². The summed E-state index contributed by atoms with van der Waals surface area (Å²) in [7, 11) is 3.72. The third-order valence-corrected chi connectivity index (χ3v) is 3.30. The topological polar surface area (TPSA) is 24.5 Å². The maximum atomic E-state index is 13.8. The molecule has 1 N–H and O–H groups in total. The largest absolute Gasteiger partial charge is 0.374 e. The highest BCUT2D eigenvalue weighted by Crippen LogP contribution is 2.25. The molecule has 0 aromatic heterocycles. The minimum absolute atomic E-state index is 0.176. The van der Waals surface area contributed by atoms with Crippen molar-refractivity contribution >= 4 is 0 Å². The highest BCUT2D eigenvalue weighted by atomic mass is 19.2. The van der Waals surface area contributed by atoms with E-state index in [2.05, 4.69) is 10.2 Å². The molecule has 18 heavy (non-hydrogen) atoms. The lowest BCUT2D eigenvalue weighted by atomic mass is 9.99. The fourth-order valence-electron chi connectivity index (χ4n) is 2.32. The van der Waals surface area contributed by atoms with E-state index in [0.29, 0.717) is 18.7 Å². The van der Waals surface area contributed by atoms with Crippen LogP contribution in [0.3, 0.4) is 0 Å². The molecule has 1 saturated heterocycles. The van der Waals surface area contributed by atoms with E-state index in [0.717, 1.165) is 12.6 Å².